The van der Waals surface area contributed by atoms with Crippen LogP contribution in [0.5, 0.6) is 5.75 Å². The number of amides is 1. The standard InChI is InChI=1S/C26H29N3O4S/c1-17-14-21-22(28(17)18-10-12-19(13-11-18)29(31)32)15-25(2,3)16-27-24(30)23(26(21,27)34-4)33-20-8-6-5-7-9-20/h5-14,23,29,31H,15-16H2,1-4H3. The van der Waals surface area contributed by atoms with Gasteiger partial charge in [0.1, 0.15) is 5.75 Å². The number of carbonyl (C=O) groups excluding carboxylic acids is 1. The van der Waals surface area contributed by atoms with Crippen molar-refractivity contribution < 1.29 is 20.0 Å². The van der Waals surface area contributed by atoms with E-state index in [1.165, 1.54) is 0 Å². The van der Waals surface area contributed by atoms with E-state index in [-0.39, 0.29) is 17.0 Å². The number of aromatic nitrogens is 1. The smallest absolute Gasteiger partial charge is 0.269 e. The second-order valence-electron chi connectivity index (χ2n) is 9.81. The fourth-order valence-electron chi connectivity index (χ4n) is 5.35. The molecule has 1 aromatic heterocycles. The molecule has 8 heteroatoms. The maximum atomic E-state index is 13.4. The lowest BCUT2D eigenvalue weighted by molar-refractivity contribution is -0.991. The van der Waals surface area contributed by atoms with Gasteiger partial charge in [-0.2, -0.15) is 5.23 Å². The number of fused-ring (bicyclic) bond motifs is 3. The van der Waals surface area contributed by atoms with Crippen LogP contribution in [0.4, 0.5) is 5.69 Å². The van der Waals surface area contributed by atoms with Gasteiger partial charge in [0.15, 0.2) is 10.6 Å². The molecule has 1 amide bonds. The Balaban J connectivity index is 1.66. The van der Waals surface area contributed by atoms with Crippen LogP contribution in [0.1, 0.15) is 30.8 Å². The highest BCUT2D eigenvalue weighted by molar-refractivity contribution is 7.99. The lowest BCUT2D eigenvalue weighted by Gasteiger charge is -2.56. The number of nitrogens with one attached hydrogen (secondary N) is 1. The molecule has 3 aromatic rings. The lowest BCUT2D eigenvalue weighted by Crippen LogP contribution is -2.99. The van der Waals surface area contributed by atoms with Crippen LogP contribution in [-0.4, -0.2) is 39.5 Å². The molecule has 0 aliphatic carbocycles. The maximum absolute atomic E-state index is 13.4. The number of rotatable bonds is 5. The number of carbonyl (C=O) groups is 1. The Morgan fingerprint density at radius 2 is 1.82 bits per heavy atom. The average Bonchev–Trinajstić information content (AvgIpc) is 3.09. The topological polar surface area (TPSA) is 82.2 Å². The van der Waals surface area contributed by atoms with Crippen LogP contribution in [0, 0.1) is 17.5 Å². The molecular formula is C26H29N3O4S. The van der Waals surface area contributed by atoms with Crippen molar-refractivity contribution in [3.05, 3.63) is 82.8 Å². The van der Waals surface area contributed by atoms with E-state index in [4.69, 9.17) is 4.74 Å². The second kappa shape index (κ2) is 8.16. The molecule has 178 valence electrons. The molecule has 3 heterocycles. The maximum Gasteiger partial charge on any atom is 0.269 e. The number of aryl methyl sites for hydroxylation is 1. The lowest BCUT2D eigenvalue weighted by atomic mass is 9.87. The summed E-state index contributed by atoms with van der Waals surface area (Å²) in [5, 5.41) is 19.7. The number of para-hydroxylation sites is 1. The molecule has 0 radical (unpaired) electrons. The van der Waals surface area contributed by atoms with Crippen LogP contribution < -0.4 is 9.96 Å². The van der Waals surface area contributed by atoms with E-state index in [0.717, 1.165) is 29.1 Å². The summed E-state index contributed by atoms with van der Waals surface area (Å²) in [6.07, 6.45) is 2.19. The molecule has 1 saturated heterocycles. The van der Waals surface area contributed by atoms with Crippen molar-refractivity contribution in [3.63, 3.8) is 0 Å². The summed E-state index contributed by atoms with van der Waals surface area (Å²) in [6.45, 7) is 7.06. The van der Waals surface area contributed by atoms with Gasteiger partial charge in [0.05, 0.1) is 0 Å². The van der Waals surface area contributed by atoms with Crippen LogP contribution in [0.2, 0.25) is 0 Å². The Hall–Kier alpha value is -2.78. The zero-order valence-corrected chi connectivity index (χ0v) is 20.6. The second-order valence-corrected chi connectivity index (χ2v) is 10.8. The van der Waals surface area contributed by atoms with Crippen LogP contribution in [0.3, 0.4) is 0 Å². The number of hydrogen-bond donors (Lipinski definition) is 2. The van der Waals surface area contributed by atoms with Crippen molar-refractivity contribution >= 4 is 23.4 Å². The van der Waals surface area contributed by atoms with E-state index < -0.39 is 16.2 Å². The first-order chi connectivity index (χ1) is 16.2. The van der Waals surface area contributed by atoms with Gasteiger partial charge in [-0.05, 0) is 55.3 Å². The van der Waals surface area contributed by atoms with Gasteiger partial charge in [0, 0.05) is 41.3 Å². The third-order valence-corrected chi connectivity index (χ3v) is 8.11. The van der Waals surface area contributed by atoms with E-state index in [0.29, 0.717) is 12.3 Å². The number of thioether (sulfide) groups is 1. The number of nitrogens with zero attached hydrogens (tertiary/aromatic N) is 2. The van der Waals surface area contributed by atoms with E-state index in [1.54, 1.807) is 23.9 Å². The largest absolute Gasteiger partial charge is 0.595 e. The minimum absolute atomic E-state index is 0.00958. The molecule has 7 nitrogen and oxygen atoms in total. The van der Waals surface area contributed by atoms with Gasteiger partial charge < -0.3 is 19.4 Å². The van der Waals surface area contributed by atoms with Gasteiger partial charge in [-0.25, -0.2) is 5.21 Å². The Kier molecular flexibility index (Phi) is 5.52. The minimum Gasteiger partial charge on any atom is -0.595 e. The van der Waals surface area contributed by atoms with Crippen molar-refractivity contribution in [3.8, 4) is 11.4 Å². The molecule has 34 heavy (non-hydrogen) atoms. The van der Waals surface area contributed by atoms with E-state index >= 15 is 0 Å². The summed E-state index contributed by atoms with van der Waals surface area (Å²) in [5.74, 6) is 0.690. The van der Waals surface area contributed by atoms with Gasteiger partial charge in [-0.15, -0.1) is 11.8 Å². The Morgan fingerprint density at radius 1 is 1.15 bits per heavy atom. The van der Waals surface area contributed by atoms with Gasteiger partial charge in [0.25, 0.3) is 5.91 Å². The van der Waals surface area contributed by atoms with Crippen molar-refractivity contribution in [1.29, 1.82) is 0 Å². The zero-order chi connectivity index (χ0) is 24.3. The Labute approximate surface area is 203 Å². The number of quaternary nitrogens is 1. The SMILES string of the molecule is CSC12c3cc(C)n(-c4ccc([NH+]([O-])O)cc4)c3CC(C)(C)CN1C(=O)C2Oc1ccccc1. The molecule has 3 unspecified atom stereocenters. The summed E-state index contributed by atoms with van der Waals surface area (Å²) in [5.41, 5.74) is 4.28. The number of hydrogen-bond acceptors (Lipinski definition) is 5. The average molecular weight is 480 g/mol. The minimum atomic E-state index is -0.943. The molecule has 1 fully saturated rings. The monoisotopic (exact) mass is 479 g/mol. The van der Waals surface area contributed by atoms with Gasteiger partial charge in [-0.1, -0.05) is 32.0 Å². The van der Waals surface area contributed by atoms with Crippen molar-refractivity contribution in [2.45, 2.75) is 38.2 Å². The first kappa shape index (κ1) is 23.0. The summed E-state index contributed by atoms with van der Waals surface area (Å²) < 4.78 is 8.52. The fourth-order valence-corrected chi connectivity index (χ4v) is 6.48. The third kappa shape index (κ3) is 3.44. The van der Waals surface area contributed by atoms with Crippen molar-refractivity contribution in [2.24, 2.45) is 5.41 Å². The molecule has 2 aliphatic rings. The normalized spacial score (nSPS) is 24.0. The van der Waals surface area contributed by atoms with Crippen LogP contribution in [0.25, 0.3) is 5.69 Å². The predicted octanol–water partition coefficient (Wildman–Crippen LogP) is 3.58. The highest BCUT2D eigenvalue weighted by Gasteiger charge is 2.66. The quantitative estimate of drug-likeness (QED) is 0.432. The number of benzene rings is 2. The molecule has 3 atom stereocenters. The van der Waals surface area contributed by atoms with Gasteiger partial charge >= 0.3 is 0 Å². The van der Waals surface area contributed by atoms with Crippen LogP contribution >= 0.6 is 11.8 Å². The van der Waals surface area contributed by atoms with E-state index in [2.05, 4.69) is 31.4 Å². The molecule has 5 rings (SSSR count). The Morgan fingerprint density at radius 3 is 2.44 bits per heavy atom. The van der Waals surface area contributed by atoms with Crippen LogP contribution in [-0.2, 0) is 16.1 Å². The highest BCUT2D eigenvalue weighted by Crippen LogP contribution is 2.56. The summed E-state index contributed by atoms with van der Waals surface area (Å²) in [7, 11) is 0. The molecule has 0 saturated carbocycles. The summed E-state index contributed by atoms with van der Waals surface area (Å²) >= 11 is 1.64. The van der Waals surface area contributed by atoms with Crippen LogP contribution in [0.15, 0.2) is 60.7 Å². The summed E-state index contributed by atoms with van der Waals surface area (Å²) in [6, 6.07) is 18.6. The molecule has 2 aliphatic heterocycles. The predicted molar refractivity (Wildman–Crippen MR) is 132 cm³/mol. The Bertz CT molecular complexity index is 1220. The molecule has 0 bridgehead atoms. The fraction of sp³-hybridized carbons (Fsp3) is 0.346. The van der Waals surface area contributed by atoms with Gasteiger partial charge in [0.2, 0.25) is 6.10 Å². The molecule has 2 N–H and O–H groups in total. The van der Waals surface area contributed by atoms with E-state index in [1.807, 2.05) is 53.6 Å². The van der Waals surface area contributed by atoms with E-state index in [9.17, 15) is 15.2 Å². The molecular weight excluding hydrogens is 450 g/mol. The van der Waals surface area contributed by atoms with Gasteiger partial charge in [-0.3, -0.25) is 4.79 Å². The third-order valence-electron chi connectivity index (χ3n) is 6.83. The van der Waals surface area contributed by atoms with Crippen molar-refractivity contribution in [2.75, 3.05) is 12.8 Å². The first-order valence-electron chi connectivity index (χ1n) is 11.3. The number of ether oxygens (including phenoxy) is 1. The zero-order valence-electron chi connectivity index (χ0n) is 19.7. The number of β-lactam (4-membered cyclic amide) rings is 1. The molecule has 0 spiro atoms. The first-order valence-corrected chi connectivity index (χ1v) is 12.5. The highest BCUT2D eigenvalue weighted by atomic mass is 32.2. The van der Waals surface area contributed by atoms with Crippen molar-refractivity contribution in [1.82, 2.24) is 9.47 Å². The summed E-state index contributed by atoms with van der Waals surface area (Å²) in [4.78, 5) is 14.8. The molecule has 2 aromatic carbocycles.